The van der Waals surface area contributed by atoms with Gasteiger partial charge in [-0.25, -0.2) is 0 Å². The number of rotatable bonds is 6. The molecule has 4 aromatic carbocycles. The van der Waals surface area contributed by atoms with Gasteiger partial charge in [-0.15, -0.1) is 0 Å². The number of piperidine rings is 1. The van der Waals surface area contributed by atoms with Gasteiger partial charge < -0.3 is 19.8 Å². The van der Waals surface area contributed by atoms with Gasteiger partial charge in [0, 0.05) is 12.5 Å². The molecule has 0 bridgehead atoms. The van der Waals surface area contributed by atoms with E-state index in [-0.39, 0.29) is 11.5 Å². The van der Waals surface area contributed by atoms with Crippen LogP contribution >= 0.6 is 0 Å². The molecule has 2 N–H and O–H groups in total. The first kappa shape index (κ1) is 22.3. The van der Waals surface area contributed by atoms with Gasteiger partial charge in [-0.2, -0.15) is 0 Å². The molecule has 0 saturated carbocycles. The first-order chi connectivity index (χ1) is 16.5. The van der Waals surface area contributed by atoms with Crippen LogP contribution in [0.1, 0.15) is 24.0 Å². The molecule has 1 aliphatic heterocycles. The van der Waals surface area contributed by atoms with Crippen LogP contribution in [-0.4, -0.2) is 41.9 Å². The molecule has 1 aliphatic rings. The van der Waals surface area contributed by atoms with Gasteiger partial charge in [0.2, 0.25) is 0 Å². The van der Waals surface area contributed by atoms with Crippen molar-refractivity contribution in [1.82, 2.24) is 4.90 Å². The van der Waals surface area contributed by atoms with E-state index < -0.39 is 0 Å². The number of hydrogen-bond donors (Lipinski definition) is 2. The average molecular weight is 454 g/mol. The van der Waals surface area contributed by atoms with Crippen molar-refractivity contribution >= 4 is 10.8 Å². The topological polar surface area (TPSA) is 52.9 Å². The number of benzene rings is 4. The van der Waals surface area contributed by atoms with Gasteiger partial charge in [0.1, 0.15) is 17.2 Å². The fraction of sp³-hybridized carbons (Fsp3) is 0.267. The summed E-state index contributed by atoms with van der Waals surface area (Å²) in [6.07, 6.45) is 3.24. The van der Waals surface area contributed by atoms with Crippen molar-refractivity contribution in [2.75, 3.05) is 26.7 Å². The quantitative estimate of drug-likeness (QED) is 0.363. The zero-order chi connectivity index (χ0) is 23.5. The number of nitrogens with zero attached hydrogens (tertiary/aromatic N) is 1. The molecule has 4 nitrogen and oxygen atoms in total. The van der Waals surface area contributed by atoms with Crippen LogP contribution in [0.15, 0.2) is 78.9 Å². The highest BCUT2D eigenvalue weighted by Gasteiger charge is 2.18. The number of likely N-dealkylation sites (tertiary alicyclic amines) is 1. The van der Waals surface area contributed by atoms with Gasteiger partial charge in [0.25, 0.3) is 0 Å². The fourth-order valence-corrected chi connectivity index (χ4v) is 5.01. The minimum Gasteiger partial charge on any atom is -0.508 e. The minimum absolute atomic E-state index is 0.256. The molecule has 4 heteroatoms. The molecule has 174 valence electrons. The van der Waals surface area contributed by atoms with Gasteiger partial charge in [-0.05, 0) is 102 Å². The lowest BCUT2D eigenvalue weighted by molar-refractivity contribution is 0.150. The Bertz CT molecular complexity index is 1260. The summed E-state index contributed by atoms with van der Waals surface area (Å²) < 4.78 is 6.11. The molecule has 0 spiro atoms. The summed E-state index contributed by atoms with van der Waals surface area (Å²) >= 11 is 0. The molecule has 4 aromatic rings. The Balaban J connectivity index is 1.40. The summed E-state index contributed by atoms with van der Waals surface area (Å²) in [7, 11) is 2.18. The molecule has 34 heavy (non-hydrogen) atoms. The number of ether oxygens (including phenoxy) is 1. The Morgan fingerprint density at radius 2 is 1.65 bits per heavy atom. The van der Waals surface area contributed by atoms with E-state index in [4.69, 9.17) is 4.74 Å². The normalized spacial score (nSPS) is 16.6. The predicted molar refractivity (Wildman–Crippen MR) is 138 cm³/mol. The van der Waals surface area contributed by atoms with E-state index in [1.165, 1.54) is 30.5 Å². The number of hydrogen-bond acceptors (Lipinski definition) is 4. The minimum atomic E-state index is 0.256. The van der Waals surface area contributed by atoms with Gasteiger partial charge in [-0.1, -0.05) is 42.5 Å². The number of phenols is 2. The molecule has 0 radical (unpaired) electrons. The second kappa shape index (κ2) is 9.78. The standard InChI is InChI=1S/C30H31NO3/c1-31-16-2-3-22(19-31)20-34-27-12-4-21(5-13-27)17-30-28(23-6-9-25(32)10-7-23)14-8-24-18-26(33)11-15-29(24)30/h4-15,18,22,32-33H,2-3,16-17,19-20H2,1H3. The van der Waals surface area contributed by atoms with Gasteiger partial charge in [0.05, 0.1) is 6.61 Å². The highest BCUT2D eigenvalue weighted by molar-refractivity contribution is 5.93. The van der Waals surface area contributed by atoms with Gasteiger partial charge in [0.15, 0.2) is 0 Å². The van der Waals surface area contributed by atoms with Crippen molar-refractivity contribution in [3.05, 3.63) is 90.0 Å². The van der Waals surface area contributed by atoms with Crippen molar-refractivity contribution in [3.63, 3.8) is 0 Å². The molecule has 0 aliphatic carbocycles. The van der Waals surface area contributed by atoms with Crippen LogP contribution in [0.25, 0.3) is 21.9 Å². The van der Waals surface area contributed by atoms with Crippen LogP contribution in [0, 0.1) is 5.92 Å². The Morgan fingerprint density at radius 3 is 2.41 bits per heavy atom. The second-order valence-corrected chi connectivity index (χ2v) is 9.45. The molecule has 1 unspecified atom stereocenters. The van der Waals surface area contributed by atoms with Crippen molar-refractivity contribution in [2.24, 2.45) is 5.92 Å². The van der Waals surface area contributed by atoms with Crippen LogP contribution in [-0.2, 0) is 6.42 Å². The summed E-state index contributed by atoms with van der Waals surface area (Å²) in [5, 5.41) is 21.8. The zero-order valence-corrected chi connectivity index (χ0v) is 19.6. The largest absolute Gasteiger partial charge is 0.508 e. The van der Waals surface area contributed by atoms with Crippen LogP contribution < -0.4 is 4.74 Å². The van der Waals surface area contributed by atoms with Crippen molar-refractivity contribution in [1.29, 1.82) is 0 Å². The maximum Gasteiger partial charge on any atom is 0.119 e. The highest BCUT2D eigenvalue weighted by Crippen LogP contribution is 2.34. The van der Waals surface area contributed by atoms with Crippen LogP contribution in [0.3, 0.4) is 0 Å². The van der Waals surface area contributed by atoms with Crippen molar-refractivity contribution in [2.45, 2.75) is 19.3 Å². The molecule has 5 rings (SSSR count). The van der Waals surface area contributed by atoms with E-state index in [0.29, 0.717) is 5.92 Å². The van der Waals surface area contributed by atoms with E-state index in [9.17, 15) is 10.2 Å². The number of phenolic OH excluding ortho intramolecular Hbond substituents is 2. The van der Waals surface area contributed by atoms with Gasteiger partial charge >= 0.3 is 0 Å². The summed E-state index contributed by atoms with van der Waals surface area (Å²) in [4.78, 5) is 2.39. The Kier molecular flexibility index (Phi) is 6.41. The van der Waals surface area contributed by atoms with E-state index >= 15 is 0 Å². The Hall–Kier alpha value is -3.50. The maximum atomic E-state index is 9.97. The lowest BCUT2D eigenvalue weighted by Crippen LogP contribution is -2.34. The third-order valence-electron chi connectivity index (χ3n) is 6.81. The third-order valence-corrected chi connectivity index (χ3v) is 6.81. The fourth-order valence-electron chi connectivity index (χ4n) is 5.01. The van der Waals surface area contributed by atoms with Crippen molar-refractivity contribution in [3.8, 4) is 28.4 Å². The zero-order valence-electron chi connectivity index (χ0n) is 19.6. The monoisotopic (exact) mass is 453 g/mol. The van der Waals surface area contributed by atoms with Crippen LogP contribution in [0.5, 0.6) is 17.2 Å². The molecule has 0 amide bonds. The summed E-state index contributed by atoms with van der Waals surface area (Å²) in [6.45, 7) is 3.06. The maximum absolute atomic E-state index is 9.97. The van der Waals surface area contributed by atoms with Crippen molar-refractivity contribution < 1.29 is 14.9 Å². The van der Waals surface area contributed by atoms with Crippen LogP contribution in [0.2, 0.25) is 0 Å². The van der Waals surface area contributed by atoms with E-state index in [2.05, 4.69) is 42.3 Å². The summed E-state index contributed by atoms with van der Waals surface area (Å²) in [5.41, 5.74) is 4.58. The Morgan fingerprint density at radius 1 is 0.882 bits per heavy atom. The molecule has 1 heterocycles. The summed E-state index contributed by atoms with van der Waals surface area (Å²) in [6, 6.07) is 25.4. The van der Waals surface area contributed by atoms with Gasteiger partial charge in [-0.3, -0.25) is 0 Å². The predicted octanol–water partition coefficient (Wildman–Crippen LogP) is 6.23. The lowest BCUT2D eigenvalue weighted by atomic mass is 9.90. The molecule has 1 saturated heterocycles. The van der Waals surface area contributed by atoms with E-state index in [1.54, 1.807) is 24.3 Å². The second-order valence-electron chi connectivity index (χ2n) is 9.45. The van der Waals surface area contributed by atoms with Crippen LogP contribution in [0.4, 0.5) is 0 Å². The first-order valence-corrected chi connectivity index (χ1v) is 12.0. The van der Waals surface area contributed by atoms with E-state index in [1.807, 2.05) is 24.3 Å². The molecule has 1 atom stereocenters. The molecular formula is C30H31NO3. The van der Waals surface area contributed by atoms with E-state index in [0.717, 1.165) is 47.2 Å². The molecule has 1 fully saturated rings. The lowest BCUT2D eigenvalue weighted by Gasteiger charge is -2.29. The summed E-state index contributed by atoms with van der Waals surface area (Å²) in [5.74, 6) is 2.03. The first-order valence-electron chi connectivity index (χ1n) is 12.0. The third kappa shape index (κ3) is 5.02. The average Bonchev–Trinajstić information content (AvgIpc) is 2.84. The SMILES string of the molecule is CN1CCCC(COc2ccc(Cc3c(-c4ccc(O)cc4)ccc4cc(O)ccc34)cc2)C1. The smallest absolute Gasteiger partial charge is 0.119 e. The Labute approximate surface area is 201 Å². The number of aromatic hydroxyl groups is 2. The highest BCUT2D eigenvalue weighted by atomic mass is 16.5. The molecular weight excluding hydrogens is 422 g/mol. The number of fused-ring (bicyclic) bond motifs is 1. The molecule has 0 aromatic heterocycles.